The van der Waals surface area contributed by atoms with Gasteiger partial charge in [-0.05, 0) is 53.1 Å². The maximum atomic E-state index is 12.2. The third-order valence-electron chi connectivity index (χ3n) is 5.87. The molecular weight excluding hydrogens is 475 g/mol. The molecular formula is C19H39IN4O2S. The highest BCUT2D eigenvalue weighted by Gasteiger charge is 2.35. The first-order valence-corrected chi connectivity index (χ1v) is 11.6. The van der Waals surface area contributed by atoms with Gasteiger partial charge in [-0.3, -0.25) is 9.20 Å². The topological polar surface area (TPSA) is 66.0 Å². The van der Waals surface area contributed by atoms with Crippen molar-refractivity contribution in [1.29, 1.82) is 0 Å². The Hall–Kier alpha value is 0.0700. The summed E-state index contributed by atoms with van der Waals surface area (Å²) in [7, 11) is 3.60. The molecule has 2 aliphatic rings. The summed E-state index contributed by atoms with van der Waals surface area (Å²) in [5.74, 6) is 1.66. The molecule has 1 saturated carbocycles. The molecule has 1 heterocycles. The first kappa shape index (κ1) is 25.1. The quantitative estimate of drug-likeness (QED) is 0.310. The van der Waals surface area contributed by atoms with Crippen LogP contribution in [0, 0.1) is 0 Å². The van der Waals surface area contributed by atoms with Gasteiger partial charge in [0, 0.05) is 53.1 Å². The van der Waals surface area contributed by atoms with Crippen LogP contribution in [-0.4, -0.2) is 78.1 Å². The van der Waals surface area contributed by atoms with Crippen LogP contribution in [0.5, 0.6) is 0 Å². The highest BCUT2D eigenvalue weighted by atomic mass is 127. The number of hydrogen-bond acceptors (Lipinski definition) is 4. The van der Waals surface area contributed by atoms with Crippen LogP contribution < -0.4 is 10.6 Å². The number of nitrogens with zero attached hydrogens (tertiary/aromatic N) is 2. The summed E-state index contributed by atoms with van der Waals surface area (Å²) in [5, 5.41) is 7.34. The SMILES string of the molecule is CCNC(=NCC1(N(C)C)CCOCC1)NC1CCCC(S(=O)CC)C1.I. The maximum absolute atomic E-state index is 12.2. The summed E-state index contributed by atoms with van der Waals surface area (Å²) in [6, 6.07) is 0.368. The molecule has 1 aliphatic carbocycles. The Morgan fingerprint density at radius 3 is 2.56 bits per heavy atom. The molecule has 3 atom stereocenters. The highest BCUT2D eigenvalue weighted by molar-refractivity contribution is 14.0. The van der Waals surface area contributed by atoms with Gasteiger partial charge in [0.25, 0.3) is 0 Å². The molecule has 0 aromatic carbocycles. The first-order chi connectivity index (χ1) is 12.5. The smallest absolute Gasteiger partial charge is 0.191 e. The standard InChI is InChI=1S/C19H38N4O2S.HI/c1-5-20-18(21-15-19(23(3)4)10-12-25-13-11-19)22-16-8-7-9-17(14-16)26(24)6-2;/h16-17H,5-15H2,1-4H3,(H2,20,21,22);1H. The van der Waals surface area contributed by atoms with Crippen molar-refractivity contribution in [3.8, 4) is 0 Å². The lowest BCUT2D eigenvalue weighted by atomic mass is 9.89. The molecule has 27 heavy (non-hydrogen) atoms. The molecule has 160 valence electrons. The summed E-state index contributed by atoms with van der Waals surface area (Å²) in [6.45, 7) is 7.36. The van der Waals surface area contributed by atoms with E-state index in [1.54, 1.807) is 0 Å². The normalized spacial score (nSPS) is 26.9. The monoisotopic (exact) mass is 514 g/mol. The summed E-state index contributed by atoms with van der Waals surface area (Å²) < 4.78 is 17.8. The number of nitrogens with one attached hydrogen (secondary N) is 2. The highest BCUT2D eigenvalue weighted by Crippen LogP contribution is 2.26. The number of guanidine groups is 1. The fraction of sp³-hybridized carbons (Fsp3) is 0.947. The van der Waals surface area contributed by atoms with E-state index in [4.69, 9.17) is 9.73 Å². The van der Waals surface area contributed by atoms with Gasteiger partial charge in [-0.2, -0.15) is 0 Å². The number of hydrogen-bond donors (Lipinski definition) is 2. The van der Waals surface area contributed by atoms with Crippen molar-refractivity contribution in [3.05, 3.63) is 0 Å². The van der Waals surface area contributed by atoms with Crippen molar-refractivity contribution in [1.82, 2.24) is 15.5 Å². The number of rotatable bonds is 7. The van der Waals surface area contributed by atoms with Gasteiger partial charge in [0.05, 0.1) is 6.54 Å². The summed E-state index contributed by atoms with van der Waals surface area (Å²) in [4.78, 5) is 7.25. The second-order valence-electron chi connectivity index (χ2n) is 7.73. The van der Waals surface area contributed by atoms with Crippen LogP contribution in [0.2, 0.25) is 0 Å². The Morgan fingerprint density at radius 2 is 1.96 bits per heavy atom. The molecule has 2 fully saturated rings. The van der Waals surface area contributed by atoms with Crippen LogP contribution in [0.1, 0.15) is 52.4 Å². The minimum atomic E-state index is -0.694. The second-order valence-corrected chi connectivity index (χ2v) is 9.73. The van der Waals surface area contributed by atoms with Crippen molar-refractivity contribution in [2.75, 3.05) is 46.2 Å². The molecule has 0 spiro atoms. The molecule has 0 aromatic rings. The van der Waals surface area contributed by atoms with Gasteiger partial charge in [0.2, 0.25) is 0 Å². The number of aliphatic imine (C=N–C) groups is 1. The summed E-state index contributed by atoms with van der Waals surface area (Å²) >= 11 is 0. The number of ether oxygens (including phenoxy) is 1. The third kappa shape index (κ3) is 7.44. The van der Waals surface area contributed by atoms with E-state index in [1.165, 1.54) is 0 Å². The first-order valence-electron chi connectivity index (χ1n) is 10.2. The van der Waals surface area contributed by atoms with Gasteiger partial charge in [0.15, 0.2) is 5.96 Å². The largest absolute Gasteiger partial charge is 0.381 e. The fourth-order valence-corrected chi connectivity index (χ4v) is 5.34. The van der Waals surface area contributed by atoms with E-state index >= 15 is 0 Å². The van der Waals surface area contributed by atoms with Crippen molar-refractivity contribution < 1.29 is 8.95 Å². The zero-order valence-corrected chi connectivity index (χ0v) is 20.6. The average Bonchev–Trinajstić information content (AvgIpc) is 2.66. The van der Waals surface area contributed by atoms with E-state index in [1.807, 2.05) is 6.92 Å². The average molecular weight is 515 g/mol. The van der Waals surface area contributed by atoms with Gasteiger partial charge in [0.1, 0.15) is 0 Å². The molecule has 6 nitrogen and oxygen atoms in total. The Morgan fingerprint density at radius 1 is 1.26 bits per heavy atom. The van der Waals surface area contributed by atoms with Crippen molar-refractivity contribution in [3.63, 3.8) is 0 Å². The van der Waals surface area contributed by atoms with Gasteiger partial charge >= 0.3 is 0 Å². The minimum absolute atomic E-state index is 0. The van der Waals surface area contributed by atoms with Crippen molar-refractivity contribution >= 4 is 40.7 Å². The van der Waals surface area contributed by atoms with Crippen LogP contribution in [-0.2, 0) is 15.5 Å². The maximum Gasteiger partial charge on any atom is 0.191 e. The number of likely N-dealkylation sites (N-methyl/N-ethyl adjacent to an activating group) is 1. The Labute approximate surface area is 185 Å². The van der Waals surface area contributed by atoms with Crippen LogP contribution in [0.15, 0.2) is 4.99 Å². The van der Waals surface area contributed by atoms with Gasteiger partial charge in [-0.1, -0.05) is 13.3 Å². The molecule has 2 rings (SSSR count). The van der Waals surface area contributed by atoms with E-state index in [-0.39, 0.29) is 29.5 Å². The van der Waals surface area contributed by atoms with Gasteiger partial charge in [-0.25, -0.2) is 0 Å². The van der Waals surface area contributed by atoms with E-state index in [0.717, 1.165) is 76.5 Å². The Bertz CT molecular complexity index is 484. The lowest BCUT2D eigenvalue weighted by Gasteiger charge is -2.41. The molecule has 0 amide bonds. The van der Waals surface area contributed by atoms with E-state index in [9.17, 15) is 4.21 Å². The van der Waals surface area contributed by atoms with E-state index < -0.39 is 10.8 Å². The molecule has 3 unspecified atom stereocenters. The molecule has 0 bridgehead atoms. The molecule has 8 heteroatoms. The Kier molecular flexibility index (Phi) is 11.7. The zero-order valence-electron chi connectivity index (χ0n) is 17.5. The van der Waals surface area contributed by atoms with Gasteiger partial charge < -0.3 is 20.3 Å². The fourth-order valence-electron chi connectivity index (χ4n) is 3.99. The van der Waals surface area contributed by atoms with Crippen LogP contribution >= 0.6 is 24.0 Å². The van der Waals surface area contributed by atoms with Crippen molar-refractivity contribution in [2.24, 2.45) is 4.99 Å². The molecule has 2 N–H and O–H groups in total. The lowest BCUT2D eigenvalue weighted by Crippen LogP contribution is -2.52. The third-order valence-corrected chi connectivity index (χ3v) is 7.61. The summed E-state index contributed by atoms with van der Waals surface area (Å²) in [5.41, 5.74) is 0.0827. The van der Waals surface area contributed by atoms with Crippen LogP contribution in [0.25, 0.3) is 0 Å². The molecule has 1 aliphatic heterocycles. The number of halogens is 1. The van der Waals surface area contributed by atoms with Crippen LogP contribution in [0.4, 0.5) is 0 Å². The molecule has 0 aromatic heterocycles. The van der Waals surface area contributed by atoms with Gasteiger partial charge in [-0.15, -0.1) is 24.0 Å². The van der Waals surface area contributed by atoms with Crippen molar-refractivity contribution in [2.45, 2.75) is 69.2 Å². The van der Waals surface area contributed by atoms with E-state index in [0.29, 0.717) is 11.3 Å². The van der Waals surface area contributed by atoms with E-state index in [2.05, 4.69) is 36.6 Å². The lowest BCUT2D eigenvalue weighted by molar-refractivity contribution is -0.00255. The van der Waals surface area contributed by atoms with Crippen LogP contribution in [0.3, 0.4) is 0 Å². The second kappa shape index (κ2) is 12.6. The minimum Gasteiger partial charge on any atom is -0.381 e. The zero-order chi connectivity index (χ0) is 19.0. The predicted octanol–water partition coefficient (Wildman–Crippen LogP) is 2.35. The Balaban J connectivity index is 0.00000364. The summed E-state index contributed by atoms with van der Waals surface area (Å²) in [6.07, 6.45) is 6.39. The predicted molar refractivity (Wildman–Crippen MR) is 126 cm³/mol. The molecule has 1 saturated heterocycles. The molecule has 0 radical (unpaired) electrons.